The summed E-state index contributed by atoms with van der Waals surface area (Å²) in [5, 5.41) is 0. The fraction of sp³-hybridized carbons (Fsp3) is 0.761. The number of nitrogens with zero attached hydrogens (tertiary/aromatic N) is 1. The molecule has 446 valence electrons. The van der Waals surface area contributed by atoms with Gasteiger partial charge in [-0.1, -0.05) is 266 Å². The molecule has 0 bridgehead atoms. The van der Waals surface area contributed by atoms with Crippen LogP contribution in [0.3, 0.4) is 0 Å². The molecule has 0 saturated carbocycles. The van der Waals surface area contributed by atoms with Gasteiger partial charge in [0, 0.05) is 12.8 Å². The Morgan fingerprint density at radius 1 is 0.416 bits per heavy atom. The second-order valence-electron chi connectivity index (χ2n) is 22.4. The largest absolute Gasteiger partial charge is 0.756 e. The number of ether oxygens (including phenoxy) is 2. The topological polar surface area (TPSA) is 111 Å². The highest BCUT2D eigenvalue weighted by Crippen LogP contribution is 2.38. The van der Waals surface area contributed by atoms with Gasteiger partial charge in [0.25, 0.3) is 7.82 Å². The molecule has 0 amide bonds. The molecular weight excluding hydrogens is 978 g/mol. The van der Waals surface area contributed by atoms with Crippen molar-refractivity contribution >= 4 is 19.8 Å². The van der Waals surface area contributed by atoms with Crippen LogP contribution >= 0.6 is 7.82 Å². The summed E-state index contributed by atoms with van der Waals surface area (Å²) in [4.78, 5) is 37.8. The summed E-state index contributed by atoms with van der Waals surface area (Å²) in [5.74, 6) is -0.843. The van der Waals surface area contributed by atoms with Crippen molar-refractivity contribution in [2.24, 2.45) is 0 Å². The fourth-order valence-corrected chi connectivity index (χ4v) is 9.49. The summed E-state index contributed by atoms with van der Waals surface area (Å²) in [7, 11) is 1.16. The average Bonchev–Trinajstić information content (AvgIpc) is 3.39. The number of hydrogen-bond donors (Lipinski definition) is 0. The van der Waals surface area contributed by atoms with Gasteiger partial charge in [0.05, 0.1) is 27.7 Å². The minimum absolute atomic E-state index is 0.0339. The Morgan fingerprint density at radius 2 is 0.740 bits per heavy atom. The van der Waals surface area contributed by atoms with Crippen LogP contribution in [0.5, 0.6) is 0 Å². The van der Waals surface area contributed by atoms with Crippen LogP contribution in [0.1, 0.15) is 277 Å². The quantitative estimate of drug-likeness (QED) is 0.0195. The van der Waals surface area contributed by atoms with Gasteiger partial charge in [-0.2, -0.15) is 0 Å². The molecule has 0 aliphatic rings. The summed E-state index contributed by atoms with van der Waals surface area (Å²) in [6.07, 6.45) is 78.1. The zero-order valence-electron chi connectivity index (χ0n) is 50.6. The molecule has 0 aromatic rings. The number of hydrogen-bond acceptors (Lipinski definition) is 8. The predicted octanol–water partition coefficient (Wildman–Crippen LogP) is 19.6. The van der Waals surface area contributed by atoms with Crippen LogP contribution in [0, 0.1) is 0 Å². The molecule has 0 aromatic carbocycles. The van der Waals surface area contributed by atoms with E-state index in [9.17, 15) is 19.0 Å². The Labute approximate surface area is 475 Å². The maximum absolute atomic E-state index is 12.8. The summed E-state index contributed by atoms with van der Waals surface area (Å²) < 4.78 is 34.1. The van der Waals surface area contributed by atoms with Crippen molar-refractivity contribution in [3.8, 4) is 0 Å². The first kappa shape index (κ1) is 74.2. The van der Waals surface area contributed by atoms with Crippen molar-refractivity contribution in [1.29, 1.82) is 0 Å². The minimum Gasteiger partial charge on any atom is -0.756 e. The van der Waals surface area contributed by atoms with E-state index in [-0.39, 0.29) is 26.1 Å². The molecule has 0 aromatic heterocycles. The number of phosphoric ester groups is 1. The lowest BCUT2D eigenvalue weighted by molar-refractivity contribution is -0.870. The molecule has 77 heavy (non-hydrogen) atoms. The number of rotatable bonds is 58. The van der Waals surface area contributed by atoms with Crippen LogP contribution in [-0.4, -0.2) is 70.0 Å². The molecule has 0 aliphatic carbocycles. The zero-order valence-corrected chi connectivity index (χ0v) is 51.5. The highest BCUT2D eigenvalue weighted by Gasteiger charge is 2.22. The van der Waals surface area contributed by atoms with Crippen molar-refractivity contribution in [2.45, 2.75) is 283 Å². The Balaban J connectivity index is 3.92. The molecule has 2 atom stereocenters. The molecule has 10 heteroatoms. The number of likely N-dealkylation sites (N-methyl/N-ethyl adjacent to an activating group) is 1. The van der Waals surface area contributed by atoms with E-state index in [1.807, 2.05) is 21.1 Å². The molecule has 0 heterocycles. The Morgan fingerprint density at radius 3 is 1.10 bits per heavy atom. The molecule has 0 N–H and O–H groups in total. The molecular formula is C67H120NO8P. The predicted molar refractivity (Wildman–Crippen MR) is 328 cm³/mol. The van der Waals surface area contributed by atoms with Crippen LogP contribution in [0.15, 0.2) is 85.1 Å². The van der Waals surface area contributed by atoms with Crippen LogP contribution in [0.4, 0.5) is 0 Å². The van der Waals surface area contributed by atoms with Gasteiger partial charge in [0.1, 0.15) is 19.8 Å². The molecule has 0 radical (unpaired) electrons. The molecule has 0 aliphatic heterocycles. The Hall–Kier alpha value is -2.81. The van der Waals surface area contributed by atoms with E-state index in [2.05, 4.69) is 98.9 Å². The van der Waals surface area contributed by atoms with E-state index in [1.165, 1.54) is 141 Å². The van der Waals surface area contributed by atoms with E-state index in [0.29, 0.717) is 23.9 Å². The van der Waals surface area contributed by atoms with Crippen molar-refractivity contribution in [1.82, 2.24) is 0 Å². The van der Waals surface area contributed by atoms with E-state index in [4.69, 9.17) is 18.5 Å². The monoisotopic (exact) mass is 1100 g/mol. The first-order chi connectivity index (χ1) is 37.5. The van der Waals surface area contributed by atoms with Gasteiger partial charge < -0.3 is 27.9 Å². The maximum Gasteiger partial charge on any atom is 0.306 e. The van der Waals surface area contributed by atoms with Gasteiger partial charge in [-0.15, -0.1) is 0 Å². The lowest BCUT2D eigenvalue weighted by Crippen LogP contribution is -2.37. The summed E-state index contributed by atoms with van der Waals surface area (Å²) in [5.41, 5.74) is 0. The van der Waals surface area contributed by atoms with E-state index in [0.717, 1.165) is 96.3 Å². The lowest BCUT2D eigenvalue weighted by Gasteiger charge is -2.28. The van der Waals surface area contributed by atoms with Crippen molar-refractivity contribution in [2.75, 3.05) is 47.5 Å². The van der Waals surface area contributed by atoms with Crippen molar-refractivity contribution < 1.29 is 42.1 Å². The fourth-order valence-electron chi connectivity index (χ4n) is 8.76. The molecule has 9 nitrogen and oxygen atoms in total. The highest BCUT2D eigenvalue weighted by atomic mass is 31.2. The third kappa shape index (κ3) is 62.3. The first-order valence-corrected chi connectivity index (χ1v) is 33.3. The number of carbonyl (C=O) groups is 2. The molecule has 0 saturated heterocycles. The molecule has 0 fully saturated rings. The van der Waals surface area contributed by atoms with Gasteiger partial charge in [-0.3, -0.25) is 14.2 Å². The summed E-state index contributed by atoms with van der Waals surface area (Å²) >= 11 is 0. The SMILES string of the molecule is CC/C=C\C/C=C\C/C=C\C/C=C\C/C=C\CCCCCCCCCCCCCCCCCCCCCCCCCC(=O)OC(COC(=O)CCCCCCC/C=C\C/C=C\CCCC)COP(=O)([O-])OCC[N+](C)(C)C. The second kappa shape index (κ2) is 57.9. The van der Waals surface area contributed by atoms with E-state index >= 15 is 0 Å². The van der Waals surface area contributed by atoms with Crippen LogP contribution < -0.4 is 4.89 Å². The van der Waals surface area contributed by atoms with Crippen molar-refractivity contribution in [3.63, 3.8) is 0 Å². The van der Waals surface area contributed by atoms with E-state index in [1.54, 1.807) is 0 Å². The highest BCUT2D eigenvalue weighted by molar-refractivity contribution is 7.45. The second-order valence-corrected chi connectivity index (χ2v) is 23.8. The van der Waals surface area contributed by atoms with Crippen LogP contribution in [-0.2, 0) is 32.7 Å². The normalized spacial score (nSPS) is 13.8. The zero-order chi connectivity index (χ0) is 56.3. The van der Waals surface area contributed by atoms with Gasteiger partial charge in [-0.05, 0) is 83.5 Å². The van der Waals surface area contributed by atoms with Gasteiger partial charge in [0.15, 0.2) is 6.10 Å². The number of quaternary nitrogens is 1. The molecule has 0 rings (SSSR count). The van der Waals surface area contributed by atoms with Gasteiger partial charge in [0.2, 0.25) is 0 Å². The van der Waals surface area contributed by atoms with Crippen LogP contribution in [0.25, 0.3) is 0 Å². The number of esters is 2. The standard InChI is InChI=1S/C67H120NO8P/c1-6-8-10-12-14-16-18-20-22-23-24-25-26-27-28-29-30-31-32-33-34-35-36-37-38-39-40-41-42-43-44-45-46-48-50-52-54-56-58-60-67(70)76-65(64-75-77(71,72)74-62-61-68(3,4)5)63-73-66(69)59-57-55-53-51-49-47-21-19-17-15-13-11-9-7-2/h8,10,13-16,19-22,24-25,27-28,65H,6-7,9,11-12,17-18,23,26,29-64H2,1-5H3/b10-8-,15-13-,16-14-,21-19-,22-20-,25-24-,28-27-. The Bertz CT molecular complexity index is 1580. The number of unbranched alkanes of at least 4 members (excludes halogenated alkanes) is 30. The first-order valence-electron chi connectivity index (χ1n) is 31.8. The maximum atomic E-state index is 12.8. The van der Waals surface area contributed by atoms with E-state index < -0.39 is 32.5 Å². The lowest BCUT2D eigenvalue weighted by atomic mass is 10.0. The van der Waals surface area contributed by atoms with Gasteiger partial charge in [-0.25, -0.2) is 0 Å². The molecule has 0 spiro atoms. The summed E-state index contributed by atoms with van der Waals surface area (Å²) in [6.45, 7) is 4.08. The third-order valence-electron chi connectivity index (χ3n) is 13.6. The number of allylic oxidation sites excluding steroid dienone is 14. The third-order valence-corrected chi connectivity index (χ3v) is 14.6. The van der Waals surface area contributed by atoms with Gasteiger partial charge >= 0.3 is 11.9 Å². The summed E-state index contributed by atoms with van der Waals surface area (Å²) in [6, 6.07) is 0. The molecule has 2 unspecified atom stereocenters. The number of carbonyl (C=O) groups excluding carboxylic acids is 2. The van der Waals surface area contributed by atoms with Crippen LogP contribution in [0.2, 0.25) is 0 Å². The smallest absolute Gasteiger partial charge is 0.306 e. The van der Waals surface area contributed by atoms with Crippen molar-refractivity contribution in [3.05, 3.63) is 85.1 Å². The number of phosphoric acid groups is 1. The average molecular weight is 1100 g/mol. The Kier molecular flexibility index (Phi) is 55.8. The minimum atomic E-state index is -4.64.